The highest BCUT2D eigenvalue weighted by atomic mass is 16.5. The lowest BCUT2D eigenvalue weighted by Gasteiger charge is -2.14. The van der Waals surface area contributed by atoms with E-state index >= 15 is 0 Å². The summed E-state index contributed by atoms with van der Waals surface area (Å²) >= 11 is 0. The molecule has 0 radical (unpaired) electrons. The Morgan fingerprint density at radius 1 is 1.16 bits per heavy atom. The van der Waals surface area contributed by atoms with E-state index in [0.717, 1.165) is 10.9 Å². The van der Waals surface area contributed by atoms with Crippen LogP contribution in [0.5, 0.6) is 0 Å². The van der Waals surface area contributed by atoms with Crippen molar-refractivity contribution in [2.45, 2.75) is 32.2 Å². The quantitative estimate of drug-likeness (QED) is 0.706. The Morgan fingerprint density at radius 2 is 1.92 bits per heavy atom. The number of aromatic nitrogens is 1. The first kappa shape index (κ1) is 18.4. The zero-order valence-electron chi connectivity index (χ0n) is 13.9. The fourth-order valence-corrected chi connectivity index (χ4v) is 2.35. The molecule has 0 saturated carbocycles. The lowest BCUT2D eigenvalue weighted by atomic mass is 10.1. The molecule has 0 aliphatic rings. The second-order valence-corrected chi connectivity index (χ2v) is 5.46. The Hall–Kier alpha value is -2.96. The number of aliphatic carboxylic acids is 1. The van der Waals surface area contributed by atoms with Crippen molar-refractivity contribution in [3.8, 4) is 0 Å². The van der Waals surface area contributed by atoms with Gasteiger partial charge in [0.1, 0.15) is 6.04 Å². The van der Waals surface area contributed by atoms with E-state index in [1.165, 1.54) is 0 Å². The molecule has 0 aliphatic carbocycles. The van der Waals surface area contributed by atoms with Gasteiger partial charge in [0.05, 0.1) is 18.5 Å². The fourth-order valence-electron chi connectivity index (χ4n) is 2.35. The molecular weight excluding hydrogens is 324 g/mol. The van der Waals surface area contributed by atoms with Crippen LogP contribution in [0.2, 0.25) is 0 Å². The maximum atomic E-state index is 11.9. The van der Waals surface area contributed by atoms with E-state index in [0.29, 0.717) is 5.69 Å². The molecule has 0 aliphatic heterocycles. The second-order valence-electron chi connectivity index (χ2n) is 5.46. The predicted octanol–water partition coefficient (Wildman–Crippen LogP) is 1.69. The molecule has 2 aromatic rings. The third kappa shape index (κ3) is 5.56. The van der Waals surface area contributed by atoms with Gasteiger partial charge in [-0.05, 0) is 19.1 Å². The molecule has 25 heavy (non-hydrogen) atoms. The smallest absolute Gasteiger partial charge is 0.326 e. The lowest BCUT2D eigenvalue weighted by Crippen LogP contribution is -2.42. The zero-order valence-corrected chi connectivity index (χ0v) is 13.9. The Balaban J connectivity index is 1.98. The Morgan fingerprint density at radius 3 is 2.64 bits per heavy atom. The summed E-state index contributed by atoms with van der Waals surface area (Å²) in [5.41, 5.74) is 1.33. The van der Waals surface area contributed by atoms with Gasteiger partial charge in [-0.25, -0.2) is 4.79 Å². The molecule has 1 aromatic carbocycles. The normalized spacial score (nSPS) is 11.7. The van der Waals surface area contributed by atoms with Crippen LogP contribution in [-0.4, -0.2) is 40.6 Å². The van der Waals surface area contributed by atoms with Gasteiger partial charge < -0.3 is 15.2 Å². The second kappa shape index (κ2) is 8.77. The first-order valence-corrected chi connectivity index (χ1v) is 8.02. The number of benzene rings is 1. The van der Waals surface area contributed by atoms with Crippen molar-refractivity contribution in [2.24, 2.45) is 0 Å². The summed E-state index contributed by atoms with van der Waals surface area (Å²) in [6.45, 7) is 1.92. The number of para-hydroxylation sites is 1. The minimum Gasteiger partial charge on any atom is -0.480 e. The number of fused-ring (bicyclic) bond motifs is 1. The number of ether oxygens (including phenoxy) is 1. The van der Waals surface area contributed by atoms with Gasteiger partial charge in [0.15, 0.2) is 0 Å². The largest absolute Gasteiger partial charge is 0.480 e. The first-order chi connectivity index (χ1) is 12.0. The number of carboxylic acids is 1. The highest BCUT2D eigenvalue weighted by Gasteiger charge is 2.21. The molecule has 0 bridgehead atoms. The highest BCUT2D eigenvalue weighted by molar-refractivity contribution is 5.86. The number of carbonyl (C=O) groups is 3. The number of esters is 1. The van der Waals surface area contributed by atoms with Crippen LogP contribution in [-0.2, 0) is 25.5 Å². The van der Waals surface area contributed by atoms with Crippen molar-refractivity contribution >= 4 is 28.7 Å². The number of pyridine rings is 1. The Labute approximate surface area is 145 Å². The first-order valence-electron chi connectivity index (χ1n) is 8.02. The van der Waals surface area contributed by atoms with E-state index < -0.39 is 23.9 Å². The molecule has 2 rings (SSSR count). The number of carboxylic acid groups (broad SMARTS) is 1. The lowest BCUT2D eigenvalue weighted by molar-refractivity contribution is -0.144. The van der Waals surface area contributed by atoms with Crippen LogP contribution in [0.25, 0.3) is 10.9 Å². The van der Waals surface area contributed by atoms with Crippen LogP contribution in [0, 0.1) is 0 Å². The summed E-state index contributed by atoms with van der Waals surface area (Å²) in [6.07, 6.45) is -0.140. The summed E-state index contributed by atoms with van der Waals surface area (Å²) < 4.78 is 4.74. The van der Waals surface area contributed by atoms with Gasteiger partial charge in [0, 0.05) is 23.9 Å². The summed E-state index contributed by atoms with van der Waals surface area (Å²) in [4.78, 5) is 38.9. The van der Waals surface area contributed by atoms with Crippen molar-refractivity contribution < 1.29 is 24.2 Å². The molecule has 1 heterocycles. The topological polar surface area (TPSA) is 106 Å². The minimum atomic E-state index is -1.15. The van der Waals surface area contributed by atoms with E-state index in [4.69, 9.17) is 4.74 Å². The van der Waals surface area contributed by atoms with Gasteiger partial charge in [-0.1, -0.05) is 24.3 Å². The number of amides is 1. The third-order valence-electron chi connectivity index (χ3n) is 3.56. The van der Waals surface area contributed by atoms with E-state index in [2.05, 4.69) is 10.3 Å². The van der Waals surface area contributed by atoms with Crippen molar-refractivity contribution in [3.05, 3.63) is 42.1 Å². The molecule has 1 amide bonds. The molecule has 0 fully saturated rings. The van der Waals surface area contributed by atoms with E-state index in [-0.39, 0.29) is 25.9 Å². The van der Waals surface area contributed by atoms with Crippen LogP contribution in [0.15, 0.2) is 36.4 Å². The molecule has 2 N–H and O–H groups in total. The molecule has 0 unspecified atom stereocenters. The summed E-state index contributed by atoms with van der Waals surface area (Å²) in [6, 6.07) is 9.99. The number of rotatable bonds is 8. The number of hydrogen-bond acceptors (Lipinski definition) is 5. The van der Waals surface area contributed by atoms with Gasteiger partial charge >= 0.3 is 11.9 Å². The standard InChI is InChI=1S/C18H20N2O5/c1-2-25-17(22)10-9-16(21)20-15(18(23)24)11-13-8-7-12-5-3-4-6-14(12)19-13/h3-8,15H,2,9-11H2,1H3,(H,20,21)(H,23,24)/t15-/m0/s1. The summed E-state index contributed by atoms with van der Waals surface area (Å²) in [5.74, 6) is -2.15. The zero-order chi connectivity index (χ0) is 18.2. The molecule has 7 heteroatoms. The summed E-state index contributed by atoms with van der Waals surface area (Å²) in [7, 11) is 0. The fraction of sp³-hybridized carbons (Fsp3) is 0.333. The van der Waals surface area contributed by atoms with Gasteiger partial charge in [0.2, 0.25) is 5.91 Å². The molecule has 132 valence electrons. The van der Waals surface area contributed by atoms with Crippen LogP contribution in [0.3, 0.4) is 0 Å². The maximum Gasteiger partial charge on any atom is 0.326 e. The average molecular weight is 344 g/mol. The van der Waals surface area contributed by atoms with Crippen LogP contribution >= 0.6 is 0 Å². The van der Waals surface area contributed by atoms with Crippen molar-refractivity contribution in [2.75, 3.05) is 6.61 Å². The predicted molar refractivity (Wildman–Crippen MR) is 90.9 cm³/mol. The number of nitrogens with zero attached hydrogens (tertiary/aromatic N) is 1. The van der Waals surface area contributed by atoms with Gasteiger partial charge in [0.25, 0.3) is 0 Å². The van der Waals surface area contributed by atoms with Crippen molar-refractivity contribution in [3.63, 3.8) is 0 Å². The van der Waals surface area contributed by atoms with Crippen molar-refractivity contribution in [1.82, 2.24) is 10.3 Å². The van der Waals surface area contributed by atoms with E-state index in [9.17, 15) is 19.5 Å². The van der Waals surface area contributed by atoms with Gasteiger partial charge in [-0.15, -0.1) is 0 Å². The Kier molecular flexibility index (Phi) is 6.45. The summed E-state index contributed by atoms with van der Waals surface area (Å²) in [5, 5.41) is 12.7. The molecule has 1 atom stereocenters. The molecular formula is C18H20N2O5. The molecule has 1 aromatic heterocycles. The number of carbonyl (C=O) groups excluding carboxylic acids is 2. The van der Waals surface area contributed by atoms with E-state index in [1.54, 1.807) is 13.0 Å². The highest BCUT2D eigenvalue weighted by Crippen LogP contribution is 2.13. The van der Waals surface area contributed by atoms with E-state index in [1.807, 2.05) is 30.3 Å². The van der Waals surface area contributed by atoms with Crippen molar-refractivity contribution in [1.29, 1.82) is 0 Å². The average Bonchev–Trinajstić information content (AvgIpc) is 2.59. The number of hydrogen-bond donors (Lipinski definition) is 2. The van der Waals surface area contributed by atoms with Crippen LogP contribution < -0.4 is 5.32 Å². The molecule has 0 spiro atoms. The minimum absolute atomic E-state index is 0.0608. The molecule has 7 nitrogen and oxygen atoms in total. The maximum absolute atomic E-state index is 11.9. The third-order valence-corrected chi connectivity index (χ3v) is 3.56. The number of nitrogens with one attached hydrogen (secondary N) is 1. The van der Waals surface area contributed by atoms with Gasteiger partial charge in [-0.2, -0.15) is 0 Å². The molecule has 0 saturated heterocycles. The monoisotopic (exact) mass is 344 g/mol. The van der Waals surface area contributed by atoms with Crippen LogP contribution in [0.4, 0.5) is 0 Å². The van der Waals surface area contributed by atoms with Crippen LogP contribution in [0.1, 0.15) is 25.5 Å². The SMILES string of the molecule is CCOC(=O)CCC(=O)N[C@@H](Cc1ccc2ccccc2n1)C(=O)O. The Bertz CT molecular complexity index is 775. The van der Waals surface area contributed by atoms with Gasteiger partial charge in [-0.3, -0.25) is 14.6 Å².